The van der Waals surface area contributed by atoms with Gasteiger partial charge in [0, 0.05) is 33.3 Å². The zero-order valence-electron chi connectivity index (χ0n) is 8.88. The zero-order chi connectivity index (χ0) is 11.2. The van der Waals surface area contributed by atoms with E-state index >= 15 is 0 Å². The molecule has 5 atom stereocenters. The maximum absolute atomic E-state index is 12.0. The van der Waals surface area contributed by atoms with E-state index in [-0.39, 0.29) is 16.8 Å². The van der Waals surface area contributed by atoms with Crippen molar-refractivity contribution >= 4 is 10.8 Å². The van der Waals surface area contributed by atoms with Crippen LogP contribution in [0.25, 0.3) is 0 Å². The minimum absolute atomic E-state index is 0.00880. The Hall–Kier alpha value is -0.710. The van der Waals surface area contributed by atoms with Crippen molar-refractivity contribution < 1.29 is 9.13 Å². The first kappa shape index (κ1) is 10.8. The molecule has 4 nitrogen and oxygen atoms in total. The second-order valence-electron chi connectivity index (χ2n) is 4.44. The molecule has 0 spiro atoms. The van der Waals surface area contributed by atoms with Gasteiger partial charge in [-0.15, -0.1) is 0 Å². The average molecular weight is 229 g/mol. The van der Waals surface area contributed by atoms with Gasteiger partial charge in [-0.2, -0.15) is 0 Å². The quantitative estimate of drug-likeness (QED) is 0.417. The van der Waals surface area contributed by atoms with E-state index in [4.69, 9.17) is 0 Å². The Morgan fingerprint density at radius 2 is 2.27 bits per heavy atom. The highest BCUT2D eigenvalue weighted by Crippen LogP contribution is 2.50. The van der Waals surface area contributed by atoms with Crippen LogP contribution in [0.15, 0.2) is 12.2 Å². The van der Waals surface area contributed by atoms with E-state index < -0.39 is 21.6 Å². The van der Waals surface area contributed by atoms with Gasteiger partial charge in [-0.3, -0.25) is 14.3 Å². The third-order valence-corrected chi connectivity index (χ3v) is 5.88. The van der Waals surface area contributed by atoms with Crippen LogP contribution in [0.3, 0.4) is 0 Å². The molecule has 0 aliphatic heterocycles. The molecule has 2 rings (SSSR count). The highest BCUT2D eigenvalue weighted by atomic mass is 32.2. The first-order valence-corrected chi connectivity index (χ1v) is 6.54. The van der Waals surface area contributed by atoms with Crippen LogP contribution in [0.2, 0.25) is 0 Å². The maximum atomic E-state index is 12.0. The van der Waals surface area contributed by atoms with E-state index in [2.05, 4.69) is 0 Å². The largest absolute Gasteiger partial charge is 0.264 e. The molecule has 1 saturated carbocycles. The van der Waals surface area contributed by atoms with Gasteiger partial charge >= 0.3 is 0 Å². The summed E-state index contributed by atoms with van der Waals surface area (Å²) in [6.07, 6.45) is 4.73. The van der Waals surface area contributed by atoms with Crippen molar-refractivity contribution in [2.24, 2.45) is 11.8 Å². The maximum Gasteiger partial charge on any atom is 0.236 e. The molecule has 0 unspecified atom stereocenters. The molecule has 0 N–H and O–H groups in total. The van der Waals surface area contributed by atoms with Crippen LogP contribution in [0, 0.1) is 22.0 Å². The predicted octanol–water partition coefficient (Wildman–Crippen LogP) is 1.36. The lowest BCUT2D eigenvalue weighted by atomic mass is 9.90. The predicted molar refractivity (Wildman–Crippen MR) is 58.6 cm³/mol. The minimum Gasteiger partial charge on any atom is -0.264 e. The third kappa shape index (κ3) is 1.29. The summed E-state index contributed by atoms with van der Waals surface area (Å²) in [6, 6.07) is -0.659. The molecular weight excluding hydrogens is 214 g/mol. The normalized spacial score (nSPS) is 44.5. The SMILES string of the molecule is CC[S@](=O)[C@]1(C)[C@@H]2C=C[C@@H](C2)[C@H]1[N+](=O)[O-]. The van der Waals surface area contributed by atoms with Gasteiger partial charge < -0.3 is 0 Å². The Balaban J connectivity index is 2.41. The fraction of sp³-hybridized carbons (Fsp3) is 0.800. The second-order valence-corrected chi connectivity index (χ2v) is 6.59. The lowest BCUT2D eigenvalue weighted by molar-refractivity contribution is -0.531. The van der Waals surface area contributed by atoms with Gasteiger partial charge in [0.15, 0.2) is 0 Å². The molecular formula is C10H15NO3S. The highest BCUT2D eigenvalue weighted by Gasteiger charge is 2.62. The lowest BCUT2D eigenvalue weighted by Crippen LogP contribution is -2.51. The summed E-state index contributed by atoms with van der Waals surface area (Å²) >= 11 is 0. The molecule has 0 saturated heterocycles. The number of nitro groups is 1. The van der Waals surface area contributed by atoms with Crippen LogP contribution in [-0.4, -0.2) is 25.7 Å². The van der Waals surface area contributed by atoms with Crippen LogP contribution >= 0.6 is 0 Å². The molecule has 0 heterocycles. The fourth-order valence-corrected chi connectivity index (χ4v) is 4.68. The van der Waals surface area contributed by atoms with Crippen molar-refractivity contribution in [2.75, 3.05) is 5.75 Å². The number of nitrogens with zero attached hydrogens (tertiary/aromatic N) is 1. The Bertz CT molecular complexity index is 355. The molecule has 15 heavy (non-hydrogen) atoms. The Morgan fingerprint density at radius 3 is 2.80 bits per heavy atom. The smallest absolute Gasteiger partial charge is 0.236 e. The minimum atomic E-state index is -1.11. The van der Waals surface area contributed by atoms with Crippen LogP contribution in [0.1, 0.15) is 20.3 Å². The van der Waals surface area contributed by atoms with Crippen molar-refractivity contribution in [3.05, 3.63) is 22.3 Å². The molecule has 84 valence electrons. The number of hydrogen-bond acceptors (Lipinski definition) is 3. The van der Waals surface area contributed by atoms with E-state index in [1.54, 1.807) is 0 Å². The standard InChI is InChI=1S/C10H15NO3S/c1-3-15(14)10(2)8-5-4-7(6-8)9(10)11(12)13/h4-5,7-9H,3,6H2,1-2H3/t7-,8+,9+,10+,15-/m0/s1. The highest BCUT2D eigenvalue weighted by molar-refractivity contribution is 7.86. The van der Waals surface area contributed by atoms with Crippen LogP contribution in [0.4, 0.5) is 0 Å². The van der Waals surface area contributed by atoms with Gasteiger partial charge in [-0.1, -0.05) is 19.1 Å². The van der Waals surface area contributed by atoms with E-state index in [0.29, 0.717) is 5.75 Å². The van der Waals surface area contributed by atoms with E-state index in [0.717, 1.165) is 6.42 Å². The Morgan fingerprint density at radius 1 is 1.60 bits per heavy atom. The van der Waals surface area contributed by atoms with Crippen molar-refractivity contribution in [2.45, 2.75) is 31.1 Å². The molecule has 0 aromatic heterocycles. The van der Waals surface area contributed by atoms with Gasteiger partial charge in [0.2, 0.25) is 6.04 Å². The Kier molecular flexibility index (Phi) is 2.45. The lowest BCUT2D eigenvalue weighted by Gasteiger charge is -2.31. The van der Waals surface area contributed by atoms with Gasteiger partial charge in [-0.05, 0) is 13.3 Å². The molecule has 1 fully saturated rings. The molecule has 0 amide bonds. The van der Waals surface area contributed by atoms with E-state index in [9.17, 15) is 14.3 Å². The summed E-state index contributed by atoms with van der Waals surface area (Å²) < 4.78 is 11.4. The van der Waals surface area contributed by atoms with Gasteiger partial charge in [-0.25, -0.2) is 0 Å². The molecule has 2 aliphatic carbocycles. The molecule has 0 aromatic rings. The van der Waals surface area contributed by atoms with Crippen molar-refractivity contribution in [1.29, 1.82) is 0 Å². The summed E-state index contributed by atoms with van der Waals surface area (Å²) in [6.45, 7) is 3.64. The van der Waals surface area contributed by atoms with Gasteiger partial charge in [0.05, 0.1) is 0 Å². The molecule has 0 radical (unpaired) electrons. The van der Waals surface area contributed by atoms with Gasteiger partial charge in [0.25, 0.3) is 0 Å². The van der Waals surface area contributed by atoms with E-state index in [1.165, 1.54) is 0 Å². The van der Waals surface area contributed by atoms with Crippen LogP contribution < -0.4 is 0 Å². The Labute approximate surface area is 91.3 Å². The molecule has 2 bridgehead atoms. The van der Waals surface area contributed by atoms with Crippen molar-refractivity contribution in [3.8, 4) is 0 Å². The summed E-state index contributed by atoms with van der Waals surface area (Å²) in [5, 5.41) is 11.1. The summed E-state index contributed by atoms with van der Waals surface area (Å²) in [5.41, 5.74) is 0. The number of allylic oxidation sites excluding steroid dienone is 1. The zero-order valence-corrected chi connectivity index (χ0v) is 9.70. The monoisotopic (exact) mass is 229 g/mol. The topological polar surface area (TPSA) is 60.2 Å². The summed E-state index contributed by atoms with van der Waals surface area (Å²) in [4.78, 5) is 10.8. The van der Waals surface area contributed by atoms with Crippen LogP contribution in [-0.2, 0) is 10.8 Å². The number of hydrogen-bond donors (Lipinski definition) is 0. The van der Waals surface area contributed by atoms with E-state index in [1.807, 2.05) is 26.0 Å². The summed E-state index contributed by atoms with van der Waals surface area (Å²) in [5.74, 6) is 0.613. The molecule has 5 heteroatoms. The number of rotatable bonds is 3. The van der Waals surface area contributed by atoms with Crippen LogP contribution in [0.5, 0.6) is 0 Å². The van der Waals surface area contributed by atoms with Crippen molar-refractivity contribution in [3.63, 3.8) is 0 Å². The fourth-order valence-electron chi connectivity index (χ4n) is 3.01. The average Bonchev–Trinajstić information content (AvgIpc) is 2.74. The second kappa shape index (κ2) is 3.40. The summed E-state index contributed by atoms with van der Waals surface area (Å²) in [7, 11) is -1.11. The van der Waals surface area contributed by atoms with Gasteiger partial charge in [0.1, 0.15) is 4.75 Å². The number of fused-ring (bicyclic) bond motifs is 2. The first-order chi connectivity index (χ1) is 7.01. The molecule has 0 aromatic carbocycles. The van der Waals surface area contributed by atoms with Crippen molar-refractivity contribution in [1.82, 2.24) is 0 Å². The molecule has 2 aliphatic rings. The first-order valence-electron chi connectivity index (χ1n) is 5.22. The third-order valence-electron chi connectivity index (χ3n) is 3.83.